The van der Waals surface area contributed by atoms with Crippen molar-refractivity contribution in [2.24, 2.45) is 4.99 Å². The number of hydrogen-bond donors (Lipinski definition) is 2. The van der Waals surface area contributed by atoms with Crippen molar-refractivity contribution in [1.29, 1.82) is 0 Å². The SMILES string of the molecule is Nc1ccnc2c1N=C(c1cccnc1)C(O)N2C1CC1. The third-order valence-electron chi connectivity index (χ3n) is 3.82. The van der Waals surface area contributed by atoms with Gasteiger partial charge in [-0.25, -0.2) is 9.98 Å². The van der Waals surface area contributed by atoms with E-state index in [4.69, 9.17) is 5.73 Å². The number of aliphatic hydroxyl groups excluding tert-OH is 1. The number of aliphatic hydroxyl groups is 1. The molecule has 0 saturated heterocycles. The minimum Gasteiger partial charge on any atom is -0.397 e. The Balaban J connectivity index is 1.90. The van der Waals surface area contributed by atoms with Gasteiger partial charge in [-0.15, -0.1) is 0 Å². The van der Waals surface area contributed by atoms with Gasteiger partial charge in [-0.1, -0.05) is 0 Å². The lowest BCUT2D eigenvalue weighted by molar-refractivity contribution is 0.230. The van der Waals surface area contributed by atoms with E-state index in [9.17, 15) is 5.11 Å². The molecule has 106 valence electrons. The van der Waals surface area contributed by atoms with Crippen LogP contribution in [0.25, 0.3) is 0 Å². The molecule has 2 aliphatic rings. The van der Waals surface area contributed by atoms with Crippen molar-refractivity contribution in [3.63, 3.8) is 0 Å². The summed E-state index contributed by atoms with van der Waals surface area (Å²) >= 11 is 0. The van der Waals surface area contributed by atoms with Gasteiger partial charge < -0.3 is 15.7 Å². The standard InChI is InChI=1S/C15H15N5O/c16-11-5-7-18-14-13(11)19-12(9-2-1-6-17-8-9)15(21)20(14)10-3-4-10/h1-2,5-8,10,15,21H,3-4H2,(H2,16,18). The van der Waals surface area contributed by atoms with Crippen molar-refractivity contribution in [3.05, 3.63) is 42.4 Å². The molecule has 0 radical (unpaired) electrons. The van der Waals surface area contributed by atoms with Gasteiger partial charge >= 0.3 is 0 Å². The molecule has 4 rings (SSSR count). The second-order valence-electron chi connectivity index (χ2n) is 5.32. The van der Waals surface area contributed by atoms with E-state index in [1.54, 1.807) is 24.7 Å². The largest absolute Gasteiger partial charge is 0.397 e. The zero-order valence-electron chi connectivity index (χ0n) is 11.3. The quantitative estimate of drug-likeness (QED) is 0.870. The van der Waals surface area contributed by atoms with E-state index in [0.717, 1.165) is 18.4 Å². The van der Waals surface area contributed by atoms with Gasteiger partial charge in [-0.2, -0.15) is 0 Å². The molecule has 1 saturated carbocycles. The van der Waals surface area contributed by atoms with Crippen molar-refractivity contribution < 1.29 is 5.11 Å². The molecule has 21 heavy (non-hydrogen) atoms. The van der Waals surface area contributed by atoms with Crippen LogP contribution < -0.4 is 10.6 Å². The maximum Gasteiger partial charge on any atom is 0.172 e. The monoisotopic (exact) mass is 281 g/mol. The maximum atomic E-state index is 10.7. The Hall–Kier alpha value is -2.47. The number of rotatable bonds is 2. The second kappa shape index (κ2) is 4.53. The minimum atomic E-state index is -0.816. The number of pyridine rings is 2. The molecule has 0 spiro atoms. The molecule has 1 fully saturated rings. The molecule has 1 aliphatic carbocycles. The van der Waals surface area contributed by atoms with Crippen LogP contribution in [0.5, 0.6) is 0 Å². The number of fused-ring (bicyclic) bond motifs is 1. The van der Waals surface area contributed by atoms with Crippen LogP contribution in [0, 0.1) is 0 Å². The molecule has 1 atom stereocenters. The molecule has 6 nitrogen and oxygen atoms in total. The average molecular weight is 281 g/mol. The zero-order valence-corrected chi connectivity index (χ0v) is 11.3. The van der Waals surface area contributed by atoms with E-state index in [0.29, 0.717) is 28.9 Å². The molecule has 2 aromatic heterocycles. The highest BCUT2D eigenvalue weighted by atomic mass is 16.3. The van der Waals surface area contributed by atoms with Gasteiger partial charge in [0.2, 0.25) is 0 Å². The van der Waals surface area contributed by atoms with Gasteiger partial charge in [-0.05, 0) is 31.0 Å². The van der Waals surface area contributed by atoms with Crippen molar-refractivity contribution in [3.8, 4) is 0 Å². The van der Waals surface area contributed by atoms with E-state index >= 15 is 0 Å². The molecule has 3 heterocycles. The van der Waals surface area contributed by atoms with Gasteiger partial charge in [0, 0.05) is 30.2 Å². The van der Waals surface area contributed by atoms with E-state index < -0.39 is 6.23 Å². The van der Waals surface area contributed by atoms with Crippen LogP contribution in [0.4, 0.5) is 17.2 Å². The Labute approximate surface area is 122 Å². The van der Waals surface area contributed by atoms with Crippen LogP contribution in [0.15, 0.2) is 41.8 Å². The summed E-state index contributed by atoms with van der Waals surface area (Å²) in [5.41, 5.74) is 8.61. The van der Waals surface area contributed by atoms with E-state index in [1.165, 1.54) is 0 Å². The molecule has 2 aromatic rings. The third-order valence-corrected chi connectivity index (χ3v) is 3.82. The normalized spacial score (nSPS) is 20.9. The van der Waals surface area contributed by atoms with Crippen LogP contribution >= 0.6 is 0 Å². The number of nitrogen functional groups attached to an aromatic ring is 1. The third kappa shape index (κ3) is 1.95. The zero-order chi connectivity index (χ0) is 14.4. The van der Waals surface area contributed by atoms with Crippen LogP contribution in [-0.4, -0.2) is 33.1 Å². The predicted molar refractivity (Wildman–Crippen MR) is 80.6 cm³/mol. The van der Waals surface area contributed by atoms with Crippen molar-refractivity contribution in [2.45, 2.75) is 25.1 Å². The average Bonchev–Trinajstić information content (AvgIpc) is 3.32. The Morgan fingerprint density at radius 3 is 2.81 bits per heavy atom. The second-order valence-corrected chi connectivity index (χ2v) is 5.32. The van der Waals surface area contributed by atoms with Gasteiger partial charge in [0.25, 0.3) is 0 Å². The van der Waals surface area contributed by atoms with Gasteiger partial charge in [0.15, 0.2) is 12.0 Å². The Bertz CT molecular complexity index is 711. The number of aliphatic imine (C=N–C) groups is 1. The van der Waals surface area contributed by atoms with E-state index in [-0.39, 0.29) is 0 Å². The molecule has 3 N–H and O–H groups in total. The number of nitrogens with two attached hydrogens (primary N) is 1. The summed E-state index contributed by atoms with van der Waals surface area (Å²) in [4.78, 5) is 14.9. The lowest BCUT2D eigenvalue weighted by Crippen LogP contribution is -2.45. The topological polar surface area (TPSA) is 87.6 Å². The predicted octanol–water partition coefficient (Wildman–Crippen LogP) is 1.48. The van der Waals surface area contributed by atoms with Gasteiger partial charge in [0.05, 0.1) is 11.4 Å². The molecule has 1 unspecified atom stereocenters. The highest BCUT2D eigenvalue weighted by Gasteiger charge is 2.40. The fraction of sp³-hybridized carbons (Fsp3) is 0.267. The van der Waals surface area contributed by atoms with E-state index in [2.05, 4.69) is 15.0 Å². The van der Waals surface area contributed by atoms with Crippen LogP contribution in [0.1, 0.15) is 18.4 Å². The van der Waals surface area contributed by atoms with Gasteiger partial charge in [-0.3, -0.25) is 4.98 Å². The lowest BCUT2D eigenvalue weighted by atomic mass is 10.1. The first-order valence-corrected chi connectivity index (χ1v) is 6.95. The van der Waals surface area contributed by atoms with Crippen molar-refractivity contribution in [1.82, 2.24) is 9.97 Å². The summed E-state index contributed by atoms with van der Waals surface area (Å²) in [6.07, 6.45) is 6.33. The first-order chi connectivity index (χ1) is 10.3. The molecular weight excluding hydrogens is 266 g/mol. The van der Waals surface area contributed by atoms with Crippen molar-refractivity contribution >= 4 is 22.9 Å². The summed E-state index contributed by atoms with van der Waals surface area (Å²) in [5, 5.41) is 10.7. The van der Waals surface area contributed by atoms with Gasteiger partial charge in [0.1, 0.15) is 5.69 Å². The molecule has 6 heteroatoms. The fourth-order valence-corrected chi connectivity index (χ4v) is 2.64. The minimum absolute atomic E-state index is 0.301. The number of hydrogen-bond acceptors (Lipinski definition) is 6. The fourth-order valence-electron chi connectivity index (χ4n) is 2.64. The molecule has 0 amide bonds. The summed E-state index contributed by atoms with van der Waals surface area (Å²) in [6, 6.07) is 5.74. The van der Waals surface area contributed by atoms with Crippen LogP contribution in [0.3, 0.4) is 0 Å². The van der Waals surface area contributed by atoms with Crippen molar-refractivity contribution in [2.75, 3.05) is 10.6 Å². The summed E-state index contributed by atoms with van der Waals surface area (Å²) in [7, 11) is 0. The Morgan fingerprint density at radius 2 is 2.10 bits per heavy atom. The van der Waals surface area contributed by atoms with Crippen LogP contribution in [-0.2, 0) is 0 Å². The first-order valence-electron chi connectivity index (χ1n) is 6.95. The molecular formula is C15H15N5O. The van der Waals surface area contributed by atoms with Crippen LogP contribution in [0.2, 0.25) is 0 Å². The number of anilines is 2. The smallest absolute Gasteiger partial charge is 0.172 e. The Morgan fingerprint density at radius 1 is 1.24 bits per heavy atom. The number of nitrogens with zero attached hydrogens (tertiary/aromatic N) is 4. The summed E-state index contributed by atoms with van der Waals surface area (Å²) < 4.78 is 0. The highest BCUT2D eigenvalue weighted by Crippen LogP contribution is 2.43. The summed E-state index contributed by atoms with van der Waals surface area (Å²) in [6.45, 7) is 0. The van der Waals surface area contributed by atoms with E-state index in [1.807, 2.05) is 17.0 Å². The number of aromatic nitrogens is 2. The maximum absolute atomic E-state index is 10.7. The Kier molecular flexibility index (Phi) is 2.65. The molecule has 0 aromatic carbocycles. The molecule has 1 aliphatic heterocycles. The highest BCUT2D eigenvalue weighted by molar-refractivity contribution is 6.09. The summed E-state index contributed by atoms with van der Waals surface area (Å²) in [5.74, 6) is 0.664. The first kappa shape index (κ1) is 12.3. The lowest BCUT2D eigenvalue weighted by Gasteiger charge is -2.34. The molecule has 0 bridgehead atoms.